The quantitative estimate of drug-likeness (QED) is 0.145. The fourth-order valence-corrected chi connectivity index (χ4v) is 4.06. The van der Waals surface area contributed by atoms with Crippen molar-refractivity contribution in [3.8, 4) is 0 Å². The van der Waals surface area contributed by atoms with Crippen LogP contribution in [0.5, 0.6) is 0 Å². The van der Waals surface area contributed by atoms with E-state index in [4.69, 9.17) is 12.2 Å². The summed E-state index contributed by atoms with van der Waals surface area (Å²) in [6.07, 6.45) is 2.50. The van der Waals surface area contributed by atoms with Crippen LogP contribution in [0.1, 0.15) is 18.1 Å². The molecular weight excluding hydrogens is 489 g/mol. The SMILES string of the molecule is CNC(=S)Nc1ccc(/C=C/c2ccc(NC(C)=O)cc2S(=O)(=O)O)c(S(=O)(=O)O)c1.[Na+]. The number of anilines is 2. The maximum atomic E-state index is 11.8. The van der Waals surface area contributed by atoms with Gasteiger partial charge in [-0.05, 0) is 47.6 Å². The number of carbonyl (C=O) groups excluding carboxylic acids is 1. The average molecular weight is 509 g/mol. The van der Waals surface area contributed by atoms with Crippen molar-refractivity contribution in [1.29, 1.82) is 0 Å². The zero-order valence-corrected chi connectivity index (χ0v) is 21.7. The average Bonchev–Trinajstić information content (AvgIpc) is 2.65. The summed E-state index contributed by atoms with van der Waals surface area (Å²) < 4.78 is 66.2. The third-order valence-electron chi connectivity index (χ3n) is 3.83. The zero-order chi connectivity index (χ0) is 23.4. The van der Waals surface area contributed by atoms with Crippen molar-refractivity contribution < 1.29 is 60.3 Å². The van der Waals surface area contributed by atoms with Gasteiger partial charge in [0.15, 0.2) is 5.11 Å². The first-order chi connectivity index (χ1) is 14.3. The maximum absolute atomic E-state index is 11.8. The number of rotatable bonds is 6. The predicted octanol–water partition coefficient (Wildman–Crippen LogP) is -0.771. The summed E-state index contributed by atoms with van der Waals surface area (Å²) in [5.41, 5.74) is 0.515. The third-order valence-corrected chi connectivity index (χ3v) is 5.96. The van der Waals surface area contributed by atoms with E-state index in [2.05, 4.69) is 16.0 Å². The maximum Gasteiger partial charge on any atom is 1.00 e. The van der Waals surface area contributed by atoms with Crippen molar-refractivity contribution >= 4 is 67.0 Å². The Kier molecular flexibility index (Phi) is 9.99. The molecule has 0 radical (unpaired) electrons. The number of benzene rings is 2. The van der Waals surface area contributed by atoms with Gasteiger partial charge in [-0.3, -0.25) is 13.9 Å². The molecule has 0 saturated heterocycles. The molecule has 0 spiro atoms. The van der Waals surface area contributed by atoms with Gasteiger partial charge in [0.05, 0.1) is 0 Å². The molecule has 0 saturated carbocycles. The molecule has 2 rings (SSSR count). The first kappa shape index (κ1) is 28.2. The summed E-state index contributed by atoms with van der Waals surface area (Å²) in [6, 6.07) is 7.82. The largest absolute Gasteiger partial charge is 1.00 e. The minimum absolute atomic E-state index is 0. The minimum Gasteiger partial charge on any atom is -0.366 e. The molecule has 0 aliphatic rings. The van der Waals surface area contributed by atoms with Gasteiger partial charge in [-0.2, -0.15) is 16.8 Å². The molecule has 0 aliphatic carbocycles. The van der Waals surface area contributed by atoms with Gasteiger partial charge in [0.2, 0.25) is 5.91 Å². The van der Waals surface area contributed by atoms with Crippen molar-refractivity contribution in [2.75, 3.05) is 17.7 Å². The molecule has 32 heavy (non-hydrogen) atoms. The summed E-state index contributed by atoms with van der Waals surface area (Å²) in [6.45, 7) is 1.24. The number of amides is 1. The second-order valence-corrected chi connectivity index (χ2v) is 9.36. The van der Waals surface area contributed by atoms with Gasteiger partial charge in [-0.25, -0.2) is 0 Å². The summed E-state index contributed by atoms with van der Waals surface area (Å²) in [5, 5.41) is 8.01. The Morgan fingerprint density at radius 3 is 1.62 bits per heavy atom. The summed E-state index contributed by atoms with van der Waals surface area (Å²) in [7, 11) is -7.72. The normalized spacial score (nSPS) is 11.5. The van der Waals surface area contributed by atoms with Crippen LogP contribution in [0, 0.1) is 0 Å². The van der Waals surface area contributed by atoms with Gasteiger partial charge < -0.3 is 16.0 Å². The Hall–Kier alpha value is -1.84. The zero-order valence-electron chi connectivity index (χ0n) is 17.3. The van der Waals surface area contributed by atoms with Crippen LogP contribution >= 0.6 is 12.2 Å². The summed E-state index contributed by atoms with van der Waals surface area (Å²) in [4.78, 5) is 10.2. The molecule has 2 aromatic carbocycles. The Bertz CT molecular complexity index is 1280. The molecule has 166 valence electrons. The second kappa shape index (κ2) is 11.3. The second-order valence-electron chi connectivity index (χ2n) is 6.17. The van der Waals surface area contributed by atoms with Crippen molar-refractivity contribution in [1.82, 2.24) is 5.32 Å². The van der Waals surface area contributed by atoms with Gasteiger partial charge >= 0.3 is 29.6 Å². The molecule has 0 fully saturated rings. The van der Waals surface area contributed by atoms with Crippen molar-refractivity contribution in [2.45, 2.75) is 16.7 Å². The van der Waals surface area contributed by atoms with Crippen molar-refractivity contribution in [3.05, 3.63) is 47.5 Å². The molecule has 0 atom stereocenters. The predicted molar refractivity (Wildman–Crippen MR) is 121 cm³/mol. The smallest absolute Gasteiger partial charge is 0.366 e. The topological polar surface area (TPSA) is 162 Å². The fraction of sp³-hybridized carbons (Fsp3) is 0.111. The number of thiocarbonyl (C=S) groups is 1. The standard InChI is InChI=1S/C18H19N3O7S3.Na/c1-11(22)20-14-7-5-12(16(9-14)30(23,24)25)3-4-13-6-8-15(21-18(29)19-2)10-17(13)31(26,27)28;/h3-10H,1-2H3,(H,20,22)(H2,19,21,29)(H,23,24,25)(H,26,27,28);/q;+1/b4-3+;. The van der Waals surface area contributed by atoms with Crippen LogP contribution in [0.4, 0.5) is 11.4 Å². The molecule has 10 nitrogen and oxygen atoms in total. The molecule has 0 aliphatic heterocycles. The summed E-state index contributed by atoms with van der Waals surface area (Å²) in [5.74, 6) is -0.436. The van der Waals surface area contributed by atoms with Crippen LogP contribution in [-0.2, 0) is 25.0 Å². The van der Waals surface area contributed by atoms with Gasteiger partial charge in [-0.1, -0.05) is 24.3 Å². The van der Waals surface area contributed by atoms with Crippen LogP contribution in [0.15, 0.2) is 46.2 Å². The Morgan fingerprint density at radius 2 is 1.28 bits per heavy atom. The molecule has 5 N–H and O–H groups in total. The van der Waals surface area contributed by atoms with E-state index in [1.54, 1.807) is 7.05 Å². The van der Waals surface area contributed by atoms with E-state index in [-0.39, 0.29) is 51.5 Å². The summed E-state index contributed by atoms with van der Waals surface area (Å²) >= 11 is 4.95. The monoisotopic (exact) mass is 508 g/mol. The van der Waals surface area contributed by atoms with E-state index >= 15 is 0 Å². The number of carbonyl (C=O) groups is 1. The first-order valence-corrected chi connectivity index (χ1v) is 11.8. The Balaban J connectivity index is 0.00000512. The molecule has 1 amide bonds. The van der Waals surface area contributed by atoms with Crippen LogP contribution in [0.2, 0.25) is 0 Å². The first-order valence-electron chi connectivity index (χ1n) is 8.49. The molecular formula is C18H19N3NaO7S3+. The van der Waals surface area contributed by atoms with Gasteiger partial charge in [0, 0.05) is 25.3 Å². The Labute approximate surface area is 213 Å². The Morgan fingerprint density at radius 1 is 0.875 bits per heavy atom. The van der Waals surface area contributed by atoms with E-state index in [1.807, 2.05) is 0 Å². The minimum atomic E-state index is -4.66. The molecule has 0 bridgehead atoms. The molecule has 0 aromatic heterocycles. The molecule has 0 unspecified atom stereocenters. The third kappa shape index (κ3) is 7.94. The van der Waals surface area contributed by atoms with E-state index in [9.17, 15) is 30.7 Å². The van der Waals surface area contributed by atoms with Crippen LogP contribution in [0.25, 0.3) is 12.2 Å². The number of nitrogens with one attached hydrogen (secondary N) is 3. The van der Waals surface area contributed by atoms with Crippen LogP contribution in [-0.4, -0.2) is 44.0 Å². The van der Waals surface area contributed by atoms with Crippen molar-refractivity contribution in [2.24, 2.45) is 0 Å². The number of hydrogen-bond donors (Lipinski definition) is 5. The van der Waals surface area contributed by atoms with E-state index in [0.29, 0.717) is 5.69 Å². The molecule has 14 heteroatoms. The fourth-order valence-electron chi connectivity index (χ4n) is 2.52. The van der Waals surface area contributed by atoms with Crippen molar-refractivity contribution in [3.63, 3.8) is 0 Å². The van der Waals surface area contributed by atoms with Gasteiger partial charge in [0.1, 0.15) is 9.79 Å². The molecule has 2 aromatic rings. The van der Waals surface area contributed by atoms with Crippen LogP contribution < -0.4 is 45.5 Å². The van der Waals surface area contributed by atoms with E-state index in [1.165, 1.54) is 43.3 Å². The molecule has 0 heterocycles. The number of hydrogen-bond acceptors (Lipinski definition) is 6. The van der Waals surface area contributed by atoms with E-state index in [0.717, 1.165) is 12.1 Å². The van der Waals surface area contributed by atoms with Gasteiger partial charge in [0.25, 0.3) is 20.2 Å². The van der Waals surface area contributed by atoms with Gasteiger partial charge in [-0.15, -0.1) is 0 Å². The van der Waals surface area contributed by atoms with Crippen LogP contribution in [0.3, 0.4) is 0 Å². The van der Waals surface area contributed by atoms with E-state index < -0.39 is 35.9 Å².